The van der Waals surface area contributed by atoms with Crippen LogP contribution in [0.4, 0.5) is 0 Å². The highest BCUT2D eigenvalue weighted by Gasteiger charge is 2.05. The minimum absolute atomic E-state index is 0.434. The lowest BCUT2D eigenvalue weighted by Gasteiger charge is -2.11. The summed E-state index contributed by atoms with van der Waals surface area (Å²) in [6, 6.07) is 11.6. The van der Waals surface area contributed by atoms with Crippen molar-refractivity contribution in [1.82, 2.24) is 0 Å². The summed E-state index contributed by atoms with van der Waals surface area (Å²) in [7, 11) is 0. The van der Waals surface area contributed by atoms with E-state index in [9.17, 15) is 0 Å². The zero-order valence-electron chi connectivity index (χ0n) is 10.3. The van der Waals surface area contributed by atoms with Gasteiger partial charge in [-0.2, -0.15) is 0 Å². The highest BCUT2D eigenvalue weighted by Crippen LogP contribution is 2.29. The standard InChI is InChI=1S/C15H14Cl2O/c1-10-3-6-15(12(7-10)9-16)18-13-4-5-14(17)11(2)8-13/h3-8H,9H2,1-2H3. The fourth-order valence-electron chi connectivity index (χ4n) is 1.72. The predicted molar refractivity (Wildman–Crippen MR) is 77.0 cm³/mol. The summed E-state index contributed by atoms with van der Waals surface area (Å²) in [4.78, 5) is 0. The largest absolute Gasteiger partial charge is 0.457 e. The van der Waals surface area contributed by atoms with Crippen molar-refractivity contribution in [3.8, 4) is 11.5 Å². The first-order chi connectivity index (χ1) is 8.60. The van der Waals surface area contributed by atoms with Crippen molar-refractivity contribution in [1.29, 1.82) is 0 Å². The summed E-state index contributed by atoms with van der Waals surface area (Å²) in [6.07, 6.45) is 0. The zero-order valence-corrected chi connectivity index (χ0v) is 11.8. The number of benzene rings is 2. The van der Waals surface area contributed by atoms with Gasteiger partial charge in [0.15, 0.2) is 0 Å². The second-order valence-corrected chi connectivity index (χ2v) is 4.93. The average Bonchev–Trinajstić information content (AvgIpc) is 2.36. The molecule has 0 atom stereocenters. The van der Waals surface area contributed by atoms with Crippen molar-refractivity contribution in [2.45, 2.75) is 19.7 Å². The van der Waals surface area contributed by atoms with Gasteiger partial charge in [-0.1, -0.05) is 29.3 Å². The van der Waals surface area contributed by atoms with Gasteiger partial charge in [0.1, 0.15) is 11.5 Å². The molecule has 0 aliphatic carbocycles. The quantitative estimate of drug-likeness (QED) is 0.676. The summed E-state index contributed by atoms with van der Waals surface area (Å²) in [5, 5.41) is 0.740. The third kappa shape index (κ3) is 2.98. The van der Waals surface area contributed by atoms with Crippen LogP contribution in [0.5, 0.6) is 11.5 Å². The third-order valence-electron chi connectivity index (χ3n) is 2.72. The van der Waals surface area contributed by atoms with Crippen LogP contribution in [0.15, 0.2) is 36.4 Å². The van der Waals surface area contributed by atoms with Crippen LogP contribution < -0.4 is 4.74 Å². The lowest BCUT2D eigenvalue weighted by atomic mass is 10.1. The smallest absolute Gasteiger partial charge is 0.131 e. The molecule has 3 heteroatoms. The van der Waals surface area contributed by atoms with Gasteiger partial charge in [-0.3, -0.25) is 0 Å². The SMILES string of the molecule is Cc1ccc(Oc2ccc(Cl)c(C)c2)c(CCl)c1. The van der Waals surface area contributed by atoms with E-state index >= 15 is 0 Å². The van der Waals surface area contributed by atoms with E-state index in [1.807, 2.05) is 50.2 Å². The molecule has 0 saturated heterocycles. The van der Waals surface area contributed by atoms with Gasteiger partial charge in [-0.15, -0.1) is 11.6 Å². The summed E-state index contributed by atoms with van der Waals surface area (Å²) < 4.78 is 5.85. The van der Waals surface area contributed by atoms with Gasteiger partial charge < -0.3 is 4.74 Å². The van der Waals surface area contributed by atoms with Crippen LogP contribution in [-0.4, -0.2) is 0 Å². The van der Waals surface area contributed by atoms with Gasteiger partial charge in [0, 0.05) is 10.6 Å². The van der Waals surface area contributed by atoms with Crippen LogP contribution in [0.1, 0.15) is 16.7 Å². The molecule has 0 amide bonds. The van der Waals surface area contributed by atoms with E-state index in [4.69, 9.17) is 27.9 Å². The van der Waals surface area contributed by atoms with E-state index in [2.05, 4.69) is 0 Å². The molecule has 0 spiro atoms. The minimum Gasteiger partial charge on any atom is -0.457 e. The van der Waals surface area contributed by atoms with E-state index in [1.165, 1.54) is 5.56 Å². The summed E-state index contributed by atoms with van der Waals surface area (Å²) in [5.41, 5.74) is 3.16. The molecule has 0 fully saturated rings. The number of ether oxygens (including phenoxy) is 1. The normalized spacial score (nSPS) is 10.4. The molecule has 0 bridgehead atoms. The van der Waals surface area contributed by atoms with Crippen LogP contribution in [0, 0.1) is 13.8 Å². The maximum absolute atomic E-state index is 5.99. The third-order valence-corrected chi connectivity index (χ3v) is 3.43. The van der Waals surface area contributed by atoms with Crippen molar-refractivity contribution in [3.63, 3.8) is 0 Å². The van der Waals surface area contributed by atoms with Crippen molar-refractivity contribution >= 4 is 23.2 Å². The number of hydrogen-bond donors (Lipinski definition) is 0. The lowest BCUT2D eigenvalue weighted by Crippen LogP contribution is -1.91. The van der Waals surface area contributed by atoms with E-state index < -0.39 is 0 Å². The molecule has 2 aromatic carbocycles. The number of alkyl halides is 1. The molecular formula is C15H14Cl2O. The molecule has 0 radical (unpaired) electrons. The lowest BCUT2D eigenvalue weighted by molar-refractivity contribution is 0.478. The van der Waals surface area contributed by atoms with E-state index in [0.717, 1.165) is 27.6 Å². The Kier molecular flexibility index (Phi) is 4.15. The Hall–Kier alpha value is -1.18. The Bertz CT molecular complexity index is 564. The van der Waals surface area contributed by atoms with Crippen LogP contribution in [0.2, 0.25) is 5.02 Å². The van der Waals surface area contributed by atoms with Crippen molar-refractivity contribution in [2.24, 2.45) is 0 Å². The number of hydrogen-bond acceptors (Lipinski definition) is 1. The van der Waals surface area contributed by atoms with E-state index in [0.29, 0.717) is 5.88 Å². The molecule has 0 aliphatic heterocycles. The van der Waals surface area contributed by atoms with Gasteiger partial charge >= 0.3 is 0 Å². The molecule has 94 valence electrons. The fraction of sp³-hybridized carbons (Fsp3) is 0.200. The van der Waals surface area contributed by atoms with Gasteiger partial charge in [-0.05, 0) is 43.7 Å². The monoisotopic (exact) mass is 280 g/mol. The Labute approximate surface area is 117 Å². The Morgan fingerprint density at radius 2 is 1.83 bits per heavy atom. The van der Waals surface area contributed by atoms with Crippen LogP contribution in [0.3, 0.4) is 0 Å². The first-order valence-electron chi connectivity index (χ1n) is 5.69. The number of rotatable bonds is 3. The van der Waals surface area contributed by atoms with Crippen LogP contribution in [0.25, 0.3) is 0 Å². The van der Waals surface area contributed by atoms with Gasteiger partial charge in [-0.25, -0.2) is 0 Å². The Morgan fingerprint density at radius 1 is 1.06 bits per heavy atom. The van der Waals surface area contributed by atoms with E-state index in [-0.39, 0.29) is 0 Å². The summed E-state index contributed by atoms with van der Waals surface area (Å²) in [6.45, 7) is 3.99. The first kappa shape index (κ1) is 13.3. The zero-order chi connectivity index (χ0) is 13.1. The van der Waals surface area contributed by atoms with Crippen LogP contribution in [-0.2, 0) is 5.88 Å². The minimum atomic E-state index is 0.434. The molecule has 18 heavy (non-hydrogen) atoms. The predicted octanol–water partition coefficient (Wildman–Crippen LogP) is 5.49. The molecule has 0 unspecified atom stereocenters. The summed E-state index contributed by atoms with van der Waals surface area (Å²) in [5.74, 6) is 1.99. The Morgan fingerprint density at radius 3 is 2.50 bits per heavy atom. The molecule has 0 N–H and O–H groups in total. The molecule has 2 rings (SSSR count). The molecule has 1 nitrogen and oxygen atoms in total. The maximum Gasteiger partial charge on any atom is 0.131 e. The number of aryl methyl sites for hydroxylation is 2. The van der Waals surface area contributed by atoms with Crippen molar-refractivity contribution in [3.05, 3.63) is 58.1 Å². The molecular weight excluding hydrogens is 267 g/mol. The Balaban J connectivity index is 2.30. The maximum atomic E-state index is 5.99. The van der Waals surface area contributed by atoms with Crippen LogP contribution >= 0.6 is 23.2 Å². The molecule has 0 saturated carbocycles. The number of halogens is 2. The second kappa shape index (κ2) is 5.64. The molecule has 0 heterocycles. The molecule has 0 aliphatic rings. The topological polar surface area (TPSA) is 9.23 Å². The van der Waals surface area contributed by atoms with Crippen molar-refractivity contribution in [2.75, 3.05) is 0 Å². The van der Waals surface area contributed by atoms with Gasteiger partial charge in [0.2, 0.25) is 0 Å². The second-order valence-electron chi connectivity index (χ2n) is 4.26. The fourth-order valence-corrected chi connectivity index (χ4v) is 2.05. The first-order valence-corrected chi connectivity index (χ1v) is 6.61. The summed E-state index contributed by atoms with van der Waals surface area (Å²) >= 11 is 11.9. The highest BCUT2D eigenvalue weighted by molar-refractivity contribution is 6.31. The molecule has 2 aromatic rings. The van der Waals surface area contributed by atoms with Gasteiger partial charge in [0.25, 0.3) is 0 Å². The molecule has 0 aromatic heterocycles. The van der Waals surface area contributed by atoms with E-state index in [1.54, 1.807) is 0 Å². The average molecular weight is 281 g/mol. The van der Waals surface area contributed by atoms with Gasteiger partial charge in [0.05, 0.1) is 5.88 Å². The van der Waals surface area contributed by atoms with Crippen molar-refractivity contribution < 1.29 is 4.74 Å². The highest BCUT2D eigenvalue weighted by atomic mass is 35.5.